The minimum absolute atomic E-state index is 0. The van der Waals surface area contributed by atoms with Crippen molar-refractivity contribution < 1.29 is 4.79 Å². The second-order valence-corrected chi connectivity index (χ2v) is 3.00. The van der Waals surface area contributed by atoms with Crippen molar-refractivity contribution in [2.75, 3.05) is 11.9 Å². The van der Waals surface area contributed by atoms with E-state index in [1.54, 1.807) is 4.90 Å². The van der Waals surface area contributed by atoms with Crippen LogP contribution in [0, 0.1) is 0 Å². The molecule has 1 amide bonds. The third kappa shape index (κ3) is 3.11. The highest BCUT2D eigenvalue weighted by Crippen LogP contribution is 2.06. The number of nitrogens with zero attached hydrogens (tertiary/aromatic N) is 1. The maximum absolute atomic E-state index is 11.1. The minimum atomic E-state index is 0. The molecule has 12 heavy (non-hydrogen) atoms. The zero-order valence-corrected chi connectivity index (χ0v) is 10.1. The van der Waals surface area contributed by atoms with E-state index in [0.717, 1.165) is 0 Å². The van der Waals surface area contributed by atoms with Crippen molar-refractivity contribution in [3.05, 3.63) is 23.9 Å². The van der Waals surface area contributed by atoms with Gasteiger partial charge in [-0.1, -0.05) is 27.6 Å². The van der Waals surface area contributed by atoms with Crippen molar-refractivity contribution in [1.82, 2.24) is 4.90 Å². The molecule has 0 bridgehead atoms. The van der Waals surface area contributed by atoms with Crippen LogP contribution in [0.5, 0.6) is 0 Å². The minimum Gasteiger partial charge on any atom is -0.315 e. The molecule has 0 aromatic rings. The summed E-state index contributed by atoms with van der Waals surface area (Å²) in [6.45, 7) is 2.72. The average Bonchev–Trinajstić information content (AvgIpc) is 2.05. The fourth-order valence-corrected chi connectivity index (χ4v) is 1.16. The number of halogens is 2. The largest absolute Gasteiger partial charge is 0.315 e. The molecule has 0 saturated heterocycles. The van der Waals surface area contributed by atoms with Gasteiger partial charge in [-0.3, -0.25) is 4.79 Å². The van der Waals surface area contributed by atoms with Crippen LogP contribution in [0.1, 0.15) is 6.92 Å². The average molecular weight is 297 g/mol. The fraction of sp³-hybridized carbons (Fsp3) is 0.375. The molecule has 1 heterocycles. The molecule has 2 nitrogen and oxygen atoms in total. The summed E-state index contributed by atoms with van der Waals surface area (Å²) >= 11 is 3.12. The Hall–Kier alpha value is -0.0900. The van der Waals surface area contributed by atoms with Crippen LogP contribution in [0.25, 0.3) is 0 Å². The Balaban J connectivity index is 0.00000121. The maximum atomic E-state index is 11.1. The van der Waals surface area contributed by atoms with Crippen LogP contribution < -0.4 is 0 Å². The lowest BCUT2D eigenvalue weighted by Gasteiger charge is -2.18. The zero-order valence-electron chi connectivity index (χ0n) is 6.79. The molecule has 1 rings (SSSR count). The molecule has 0 spiro atoms. The summed E-state index contributed by atoms with van der Waals surface area (Å²) in [6, 6.07) is 0. The Morgan fingerprint density at radius 1 is 1.75 bits per heavy atom. The van der Waals surface area contributed by atoms with Gasteiger partial charge in [-0.25, -0.2) is 0 Å². The summed E-state index contributed by atoms with van der Waals surface area (Å²) in [5, 5.41) is 0.393. The Bertz CT molecular complexity index is 223. The van der Waals surface area contributed by atoms with E-state index in [4.69, 9.17) is 0 Å². The summed E-state index contributed by atoms with van der Waals surface area (Å²) in [5.74, 6) is 0.102. The van der Waals surface area contributed by atoms with Crippen molar-refractivity contribution >= 4 is 38.8 Å². The van der Waals surface area contributed by atoms with E-state index in [1.807, 2.05) is 25.3 Å². The number of hydrogen-bond acceptors (Lipinski definition) is 1. The second-order valence-electron chi connectivity index (χ2n) is 2.44. The number of rotatable bonds is 1. The van der Waals surface area contributed by atoms with Gasteiger partial charge in [0.15, 0.2) is 0 Å². The van der Waals surface area contributed by atoms with Crippen molar-refractivity contribution in [2.24, 2.45) is 0 Å². The third-order valence-electron chi connectivity index (χ3n) is 1.56. The zero-order chi connectivity index (χ0) is 8.27. The van der Waals surface area contributed by atoms with Crippen LogP contribution in [0.15, 0.2) is 23.9 Å². The first-order valence-corrected chi connectivity index (χ1v) is 4.56. The first kappa shape index (κ1) is 11.9. The number of amides is 1. The van der Waals surface area contributed by atoms with Crippen molar-refractivity contribution in [1.29, 1.82) is 0 Å². The monoisotopic (exact) mass is 295 g/mol. The number of carbonyl (C=O) groups is 1. The molecule has 0 atom stereocenters. The lowest BCUT2D eigenvalue weighted by atomic mass is 10.2. The van der Waals surface area contributed by atoms with Crippen LogP contribution in [-0.2, 0) is 4.79 Å². The molecular weight excluding hydrogens is 286 g/mol. The molecule has 0 aromatic heterocycles. The first-order chi connectivity index (χ1) is 5.24. The molecule has 0 aromatic carbocycles. The highest BCUT2D eigenvalue weighted by molar-refractivity contribution is 9.09. The van der Waals surface area contributed by atoms with Gasteiger partial charge in [0.2, 0.25) is 5.91 Å². The quantitative estimate of drug-likeness (QED) is 0.680. The summed E-state index contributed by atoms with van der Waals surface area (Å²) < 4.78 is 0. The molecule has 0 unspecified atom stereocenters. The van der Waals surface area contributed by atoms with Crippen molar-refractivity contribution in [3.63, 3.8) is 0 Å². The normalized spacial score (nSPS) is 15.2. The molecule has 68 valence electrons. The van der Waals surface area contributed by atoms with Gasteiger partial charge in [-0.2, -0.15) is 0 Å². The summed E-state index contributed by atoms with van der Waals surface area (Å²) in [7, 11) is 0. The third-order valence-corrected chi connectivity index (χ3v) is 2.04. The number of carbonyl (C=O) groups excluding carboxylic acids is 1. The predicted molar refractivity (Wildman–Crippen MR) is 58.7 cm³/mol. The van der Waals surface area contributed by atoms with Crippen LogP contribution in [0.2, 0.25) is 0 Å². The molecule has 0 N–H and O–H groups in total. The van der Waals surface area contributed by atoms with E-state index in [2.05, 4.69) is 15.9 Å². The number of hydrogen-bond donors (Lipinski definition) is 0. The standard InChI is InChI=1S/C8H10BrNO.BrH/c1-7-2-4-10(5-3-7)8(11)6-9;/h2-4H,5-6H2,1H3;1H. The highest BCUT2D eigenvalue weighted by atomic mass is 79.9. The van der Waals surface area contributed by atoms with Gasteiger partial charge in [-0.15, -0.1) is 17.0 Å². The predicted octanol–water partition coefficient (Wildman–Crippen LogP) is 2.26. The van der Waals surface area contributed by atoms with Crippen molar-refractivity contribution in [2.45, 2.75) is 6.92 Å². The Morgan fingerprint density at radius 2 is 2.42 bits per heavy atom. The van der Waals surface area contributed by atoms with Gasteiger partial charge in [0.25, 0.3) is 0 Å². The Kier molecular flexibility index (Phi) is 5.50. The lowest BCUT2D eigenvalue weighted by Crippen LogP contribution is -2.28. The fourth-order valence-electron chi connectivity index (χ4n) is 0.840. The molecule has 0 radical (unpaired) electrons. The molecule has 0 fully saturated rings. The van der Waals surface area contributed by atoms with Gasteiger partial charge in [0.05, 0.1) is 5.33 Å². The smallest absolute Gasteiger partial charge is 0.237 e. The Morgan fingerprint density at radius 3 is 2.83 bits per heavy atom. The van der Waals surface area contributed by atoms with Crippen LogP contribution in [0.4, 0.5) is 0 Å². The molecule has 1 aliphatic heterocycles. The van der Waals surface area contributed by atoms with Crippen molar-refractivity contribution in [3.8, 4) is 0 Å². The van der Waals surface area contributed by atoms with Gasteiger partial charge in [-0.05, 0) is 13.0 Å². The molecule has 4 heteroatoms. The molecule has 0 saturated carbocycles. The van der Waals surface area contributed by atoms with Gasteiger partial charge in [0.1, 0.15) is 0 Å². The topological polar surface area (TPSA) is 20.3 Å². The Labute approximate surface area is 91.2 Å². The van der Waals surface area contributed by atoms with Gasteiger partial charge < -0.3 is 4.90 Å². The van der Waals surface area contributed by atoms with Crippen LogP contribution >= 0.6 is 32.9 Å². The van der Waals surface area contributed by atoms with E-state index in [-0.39, 0.29) is 22.9 Å². The number of alkyl halides is 1. The highest BCUT2D eigenvalue weighted by Gasteiger charge is 2.08. The van der Waals surface area contributed by atoms with E-state index < -0.39 is 0 Å². The van der Waals surface area contributed by atoms with Gasteiger partial charge >= 0.3 is 0 Å². The lowest BCUT2D eigenvalue weighted by molar-refractivity contribution is -0.125. The SMILES string of the molecule is Br.CC1=CCN(C(=O)CBr)C=C1. The van der Waals surface area contributed by atoms with E-state index in [0.29, 0.717) is 11.9 Å². The van der Waals surface area contributed by atoms with Crippen LogP contribution in [-0.4, -0.2) is 22.7 Å². The maximum Gasteiger partial charge on any atom is 0.237 e. The molecule has 1 aliphatic rings. The van der Waals surface area contributed by atoms with E-state index in [1.165, 1.54) is 5.57 Å². The summed E-state index contributed by atoms with van der Waals surface area (Å²) in [6.07, 6.45) is 5.78. The second kappa shape index (κ2) is 5.54. The first-order valence-electron chi connectivity index (χ1n) is 3.44. The molecule has 0 aliphatic carbocycles. The molecular formula is C8H11Br2NO. The summed E-state index contributed by atoms with van der Waals surface area (Å²) in [4.78, 5) is 12.8. The summed E-state index contributed by atoms with van der Waals surface area (Å²) in [5.41, 5.74) is 1.21. The van der Waals surface area contributed by atoms with E-state index >= 15 is 0 Å². The van der Waals surface area contributed by atoms with E-state index in [9.17, 15) is 4.79 Å². The van der Waals surface area contributed by atoms with Crippen LogP contribution in [0.3, 0.4) is 0 Å². The van der Waals surface area contributed by atoms with Gasteiger partial charge in [0, 0.05) is 12.7 Å². The number of allylic oxidation sites excluding steroid dienone is 2.